The van der Waals surface area contributed by atoms with Crippen molar-refractivity contribution in [2.45, 2.75) is 296 Å². The Balaban J connectivity index is 1.61. The number of rotatable bonds is 65. The van der Waals surface area contributed by atoms with Crippen molar-refractivity contribution in [3.63, 3.8) is 0 Å². The van der Waals surface area contributed by atoms with Gasteiger partial charge in [0.15, 0.2) is 73.8 Å². The highest BCUT2D eigenvalue weighted by Gasteiger charge is 2.56. The van der Waals surface area contributed by atoms with Crippen molar-refractivity contribution in [2.24, 2.45) is 0 Å². The fourth-order valence-electron chi connectivity index (χ4n) is 13.2. The topological polar surface area (TPSA) is 640 Å². The molecule has 0 saturated carbocycles. The van der Waals surface area contributed by atoms with Crippen LogP contribution in [0.1, 0.15) is 199 Å². The molecule has 8 N–H and O–H groups in total. The average molecular weight is 1910 g/mol. The summed E-state index contributed by atoms with van der Waals surface area (Å²) in [4.78, 5) is 248. The zero-order chi connectivity index (χ0) is 99.0. The highest BCUT2D eigenvalue weighted by molar-refractivity contribution is 5.80. The van der Waals surface area contributed by atoms with E-state index in [-0.39, 0.29) is 174 Å². The molecule has 3 fully saturated rings. The molecule has 3 aliphatic rings. The highest BCUT2D eigenvalue weighted by Crippen LogP contribution is 2.34. The molecule has 133 heavy (non-hydrogen) atoms. The number of hydrogen-bond donors (Lipinski definition) is 8. The van der Waals surface area contributed by atoms with Crippen LogP contribution >= 0.6 is 0 Å². The van der Waals surface area contributed by atoms with Crippen molar-refractivity contribution in [3.05, 3.63) is 0 Å². The van der Waals surface area contributed by atoms with Gasteiger partial charge in [0.2, 0.25) is 41.4 Å². The molecule has 7 amide bonds. The number of carboxylic acids is 1. The second-order valence-electron chi connectivity index (χ2n) is 30.8. The fraction of sp³-hybridized carbons (Fsp3) is 0.762. The predicted molar refractivity (Wildman–Crippen MR) is 446 cm³/mol. The molecule has 3 heterocycles. The number of ether oxygens (including phenoxy) is 21. The molecule has 3 rings (SSSR count). The Morgan fingerprint density at radius 1 is 0.248 bits per heavy atom. The number of esters is 12. The number of aliphatic carboxylic acids is 1. The molecule has 0 aromatic carbocycles. The van der Waals surface area contributed by atoms with E-state index in [0.717, 1.165) is 83.1 Å². The molecule has 49 heteroatoms. The second-order valence-corrected chi connectivity index (χ2v) is 30.8. The van der Waals surface area contributed by atoms with Gasteiger partial charge in [-0.15, -0.1) is 0 Å². The molecule has 0 aliphatic carbocycles. The summed E-state index contributed by atoms with van der Waals surface area (Å²) >= 11 is 0. The van der Waals surface area contributed by atoms with Crippen LogP contribution in [0, 0.1) is 0 Å². The zero-order valence-corrected chi connectivity index (χ0v) is 77.3. The largest absolute Gasteiger partial charge is 0.481 e. The number of hydrogen-bond acceptors (Lipinski definition) is 41. The lowest BCUT2D eigenvalue weighted by molar-refractivity contribution is -0.308. The van der Waals surface area contributed by atoms with E-state index in [1.165, 1.54) is 0 Å². The van der Waals surface area contributed by atoms with Crippen LogP contribution in [0.15, 0.2) is 0 Å². The van der Waals surface area contributed by atoms with E-state index in [1.54, 1.807) is 0 Å². The van der Waals surface area contributed by atoms with Crippen molar-refractivity contribution in [1.29, 1.82) is 0 Å². The Morgan fingerprint density at radius 2 is 0.474 bits per heavy atom. The maximum atomic E-state index is 13.6. The number of carbonyl (C=O) groups excluding carboxylic acids is 19. The lowest BCUT2D eigenvalue weighted by atomic mass is 9.98. The first-order valence-electron chi connectivity index (χ1n) is 43.7. The Hall–Kier alpha value is -11.0. The van der Waals surface area contributed by atoms with E-state index < -0.39 is 239 Å². The molecule has 0 aromatic rings. The van der Waals surface area contributed by atoms with Crippen molar-refractivity contribution < 1.29 is 200 Å². The Morgan fingerprint density at radius 3 is 0.707 bits per heavy atom. The number of nitrogens with one attached hydrogen (secondary N) is 7. The van der Waals surface area contributed by atoms with Gasteiger partial charge >= 0.3 is 77.6 Å². The molecule has 49 nitrogen and oxygen atoms in total. The molecule has 3 saturated heterocycles. The van der Waals surface area contributed by atoms with Crippen LogP contribution < -0.4 is 37.2 Å². The summed E-state index contributed by atoms with van der Waals surface area (Å²) in [7, 11) is 0. The highest BCUT2D eigenvalue weighted by atomic mass is 16.8. The number of carboxylic acid groups (broad SMARTS) is 1. The maximum absolute atomic E-state index is 13.6. The molecule has 0 radical (unpaired) electrons. The molecule has 0 aromatic heterocycles. The Labute approximate surface area is 768 Å². The summed E-state index contributed by atoms with van der Waals surface area (Å²) in [5.74, 6) is -13.6. The van der Waals surface area contributed by atoms with Crippen LogP contribution in [0.25, 0.3) is 0 Å². The van der Waals surface area contributed by atoms with E-state index in [2.05, 4.69) is 37.2 Å². The standard InChI is InChI=1S/C84H131N7O42/c1-49(92)119-43-61-72(122-52(4)95)75(125-55(7)98)78(128-58(10)101)81(131-61)116-37-16-13-23-64(104)85-31-20-34-88-67(107)28-40-113-46-84(91-70(110)26-19-27-71(111)112,47-114-41-29-68(108)89-35-21-32-86-65(105)24-14-17-38-117-82-79(129-59(11)102)76(126-56(8)99)73(123-53(5)96)62(132-82)44-120-50(2)93)48-115-42-30-69(109)90-36-22-33-87-66(106)25-15-18-39-118-83-80(130-60(12)103)77(127-57(9)100)74(124-54(6)97)63(133-83)45-121-51(3)94/h61-63,72-83H,13-48H2,1-12H3,(H,85,104)(H,86,105)(H,87,106)(H,88,107)(H,89,108)(H,90,109)(H,91,110)(H,111,112)/t61-,62-,63-,72-,73-,74-,75+,76+,77+,78+,79+,80+,81+,82+,83+/m1/s1. The molecule has 3 aliphatic heterocycles. The summed E-state index contributed by atoms with van der Waals surface area (Å²) in [6, 6.07) is 0. The van der Waals surface area contributed by atoms with Crippen molar-refractivity contribution in [3.8, 4) is 0 Å². The minimum Gasteiger partial charge on any atom is -0.481 e. The number of carbonyl (C=O) groups is 20. The van der Waals surface area contributed by atoms with Crippen LogP contribution in [0.3, 0.4) is 0 Å². The van der Waals surface area contributed by atoms with Gasteiger partial charge in [-0.05, 0) is 64.2 Å². The van der Waals surface area contributed by atoms with Gasteiger partial charge in [-0.2, -0.15) is 0 Å². The van der Waals surface area contributed by atoms with E-state index in [4.69, 9.17) is 99.5 Å². The van der Waals surface area contributed by atoms with E-state index >= 15 is 0 Å². The number of amides is 7. The van der Waals surface area contributed by atoms with Crippen LogP contribution in [0.5, 0.6) is 0 Å². The van der Waals surface area contributed by atoms with Crippen molar-refractivity contribution in [1.82, 2.24) is 37.2 Å². The third-order valence-electron chi connectivity index (χ3n) is 18.8. The average Bonchev–Trinajstić information content (AvgIpc) is 0.794. The zero-order valence-electron chi connectivity index (χ0n) is 77.3. The quantitative estimate of drug-likeness (QED) is 0.0206. The van der Waals surface area contributed by atoms with Crippen molar-refractivity contribution in [2.75, 3.05) is 119 Å². The first-order valence-corrected chi connectivity index (χ1v) is 43.7. The van der Waals surface area contributed by atoms with Gasteiger partial charge in [0, 0.05) is 194 Å². The minimum absolute atomic E-state index is 0.0381. The summed E-state index contributed by atoms with van der Waals surface area (Å²) in [5.41, 5.74) is -1.60. The van der Waals surface area contributed by atoms with Gasteiger partial charge in [0.1, 0.15) is 43.7 Å². The van der Waals surface area contributed by atoms with Crippen LogP contribution in [0.2, 0.25) is 0 Å². The first-order chi connectivity index (χ1) is 63.1. The normalized spacial score (nSPS) is 21.3. The SMILES string of the molecule is CC(=O)OC[C@H]1O[C@H](OCCCCC(=O)NCCCNC(=O)CCOCC(COCCC(=O)NCCCNC(=O)CCCCO[C@H]2O[C@H](COC(C)=O)[C@@H](OC(C)=O)[C@H](OC(C)=O)[C@@H]2OC(C)=O)(COCCC(=O)NCCCNC(=O)CCCCO[C@H]2O[C@H](COC(C)=O)[C@@H](OC(C)=O)[C@H](OC(C)=O)[C@@H]2OC(C)=O)NC(=O)CCCC(=O)O)[C@@H](OC(C)=O)[C@@H](OC(C)=O)[C@@H]1OC(C)=O. The smallest absolute Gasteiger partial charge is 0.303 e. The molecule has 0 bridgehead atoms. The maximum Gasteiger partial charge on any atom is 0.303 e. The molecule has 0 spiro atoms. The van der Waals surface area contributed by atoms with Gasteiger partial charge < -0.3 is 142 Å². The minimum atomic E-state index is -1.60. The van der Waals surface area contributed by atoms with Gasteiger partial charge in [0.05, 0.1) is 39.6 Å². The monoisotopic (exact) mass is 1910 g/mol. The van der Waals surface area contributed by atoms with Gasteiger partial charge in [-0.3, -0.25) is 95.9 Å². The lowest BCUT2D eigenvalue weighted by Crippen LogP contribution is -2.63. The Bertz CT molecular complexity index is 3430. The van der Waals surface area contributed by atoms with E-state index in [1.807, 2.05) is 0 Å². The first kappa shape index (κ1) is 116. The van der Waals surface area contributed by atoms with Crippen LogP contribution in [-0.2, 0) is 195 Å². The molecule has 754 valence electrons. The fourth-order valence-corrected chi connectivity index (χ4v) is 13.2. The molecular weight excluding hydrogens is 1780 g/mol. The third-order valence-corrected chi connectivity index (χ3v) is 18.8. The molecule has 15 atom stereocenters. The van der Waals surface area contributed by atoms with Gasteiger partial charge in [-0.1, -0.05) is 0 Å². The Kier molecular flexibility index (Phi) is 56.6. The third kappa shape index (κ3) is 51.2. The number of unbranched alkanes of at least 4 members (excludes halogenated alkanes) is 3. The molecular formula is C84H131N7O42. The molecule has 0 unspecified atom stereocenters. The lowest BCUT2D eigenvalue weighted by Gasteiger charge is -2.44. The summed E-state index contributed by atoms with van der Waals surface area (Å²) in [6.07, 6.45) is -19.3. The van der Waals surface area contributed by atoms with E-state index in [9.17, 15) is 101 Å². The summed E-state index contributed by atoms with van der Waals surface area (Å²) in [5, 5.41) is 28.6. The van der Waals surface area contributed by atoms with Gasteiger partial charge in [0.25, 0.3) is 0 Å². The van der Waals surface area contributed by atoms with Crippen molar-refractivity contribution >= 4 is 119 Å². The van der Waals surface area contributed by atoms with Crippen LogP contribution in [-0.4, -0.2) is 340 Å². The summed E-state index contributed by atoms with van der Waals surface area (Å²) < 4.78 is 117. The van der Waals surface area contributed by atoms with E-state index in [0.29, 0.717) is 38.5 Å². The second kappa shape index (κ2) is 64.8. The van der Waals surface area contributed by atoms with Gasteiger partial charge in [-0.25, -0.2) is 0 Å². The van der Waals surface area contributed by atoms with Crippen LogP contribution in [0.4, 0.5) is 0 Å². The summed E-state index contributed by atoms with van der Waals surface area (Å²) in [6.45, 7) is 10.5. The predicted octanol–water partition coefficient (Wildman–Crippen LogP) is -1.01.